The number of aliphatic hydroxyl groups excluding tert-OH is 2. The molecule has 24 heavy (non-hydrogen) atoms. The van der Waals surface area contributed by atoms with Crippen molar-refractivity contribution in [3.63, 3.8) is 0 Å². The van der Waals surface area contributed by atoms with Crippen LogP contribution >= 0.6 is 0 Å². The first-order chi connectivity index (χ1) is 11.3. The highest BCUT2D eigenvalue weighted by Gasteiger charge is 2.55. The molecule has 9 nitrogen and oxygen atoms in total. The summed E-state index contributed by atoms with van der Waals surface area (Å²) in [4.78, 5) is 7.98. The maximum absolute atomic E-state index is 15.0. The summed E-state index contributed by atoms with van der Waals surface area (Å²) in [7, 11) is 1.32. The highest BCUT2D eigenvalue weighted by atomic mass is 19.1. The Hall–Kier alpha value is -2.30. The third kappa shape index (κ3) is 2.22. The van der Waals surface area contributed by atoms with E-state index in [1.54, 1.807) is 0 Å². The molecule has 0 radical (unpaired) electrons. The average molecular weight is 339 g/mol. The van der Waals surface area contributed by atoms with E-state index in [-0.39, 0.29) is 22.9 Å². The Morgan fingerprint density at radius 3 is 2.88 bits per heavy atom. The van der Waals surface area contributed by atoms with Gasteiger partial charge in [-0.1, -0.05) is 0 Å². The molecule has 2 aromatic rings. The van der Waals surface area contributed by atoms with Gasteiger partial charge in [-0.3, -0.25) is 5.41 Å². The minimum absolute atomic E-state index is 0.105. The average Bonchev–Trinajstić information content (AvgIpc) is 3.04. The number of nitrogen functional groups attached to an aromatic ring is 1. The largest absolute Gasteiger partial charge is 0.481 e. The van der Waals surface area contributed by atoms with E-state index >= 15 is 4.39 Å². The third-order valence-electron chi connectivity index (χ3n) is 4.24. The number of nitrogens with zero attached hydrogens (tertiary/aromatic N) is 3. The fourth-order valence-electron chi connectivity index (χ4n) is 2.93. The molecule has 0 aliphatic carbocycles. The van der Waals surface area contributed by atoms with Crippen LogP contribution in [-0.4, -0.2) is 62.2 Å². The maximum atomic E-state index is 15.0. The fraction of sp³-hybridized carbons (Fsp3) is 0.500. The van der Waals surface area contributed by atoms with Gasteiger partial charge in [-0.15, -0.1) is 0 Å². The summed E-state index contributed by atoms with van der Waals surface area (Å²) < 4.78 is 26.8. The molecule has 10 heteroatoms. The molecule has 0 amide bonds. The lowest BCUT2D eigenvalue weighted by molar-refractivity contribution is -0.0564. The molecular weight excluding hydrogens is 321 g/mol. The zero-order valence-corrected chi connectivity index (χ0v) is 13.1. The molecular formula is C14H18FN5O4. The number of alkyl halides is 1. The normalized spacial score (nSPS) is 30.0. The second-order valence-corrected chi connectivity index (χ2v) is 5.75. The van der Waals surface area contributed by atoms with Crippen LogP contribution in [0, 0.1) is 5.41 Å². The molecule has 0 aromatic carbocycles. The van der Waals surface area contributed by atoms with Crippen molar-refractivity contribution in [2.45, 2.75) is 31.0 Å². The number of halogens is 1. The minimum Gasteiger partial charge on any atom is -0.481 e. The minimum atomic E-state index is -2.19. The second-order valence-electron chi connectivity index (χ2n) is 5.75. The van der Waals surface area contributed by atoms with Crippen LogP contribution in [0.1, 0.15) is 18.7 Å². The van der Waals surface area contributed by atoms with E-state index in [2.05, 4.69) is 9.97 Å². The number of ether oxygens (including phenoxy) is 2. The molecule has 0 unspecified atom stereocenters. The topological polar surface area (TPSA) is 140 Å². The van der Waals surface area contributed by atoms with E-state index in [1.165, 1.54) is 31.1 Å². The summed E-state index contributed by atoms with van der Waals surface area (Å²) in [6, 6.07) is 0. The first kappa shape index (κ1) is 16.6. The summed E-state index contributed by atoms with van der Waals surface area (Å²) in [5.74, 6) is -0.0913. The zero-order valence-electron chi connectivity index (χ0n) is 13.1. The number of methoxy groups -OCH3 is 1. The van der Waals surface area contributed by atoms with E-state index in [0.717, 1.165) is 0 Å². The van der Waals surface area contributed by atoms with Crippen molar-refractivity contribution < 1.29 is 24.1 Å². The lowest BCUT2D eigenvalue weighted by atomic mass is 9.98. The van der Waals surface area contributed by atoms with Crippen molar-refractivity contribution in [1.82, 2.24) is 14.5 Å². The predicted octanol–water partition coefficient (Wildman–Crippen LogP) is -0.0359. The van der Waals surface area contributed by atoms with Crippen molar-refractivity contribution in [2.75, 3.05) is 19.5 Å². The second kappa shape index (κ2) is 5.65. The Morgan fingerprint density at radius 1 is 1.58 bits per heavy atom. The van der Waals surface area contributed by atoms with Crippen LogP contribution in [0.2, 0.25) is 0 Å². The molecule has 0 saturated carbocycles. The van der Waals surface area contributed by atoms with Crippen LogP contribution in [-0.2, 0) is 9.47 Å². The van der Waals surface area contributed by atoms with Gasteiger partial charge in [-0.25, -0.2) is 14.4 Å². The molecule has 3 rings (SSSR count). The highest BCUT2D eigenvalue weighted by molar-refractivity contribution is 6.08. The van der Waals surface area contributed by atoms with E-state index < -0.39 is 30.7 Å². The van der Waals surface area contributed by atoms with Gasteiger partial charge in [0, 0.05) is 6.20 Å². The molecule has 3 heterocycles. The standard InChI is InChI=1S/C14H18FN5O4/c1-14(15)9(22)7(4-21)24-13(14)20-3-6(11(17)23-2)8-10(16)18-5-19-12(8)20/h3,5,7,9,13,17,21-22H,4H2,1-2H3,(H2,16,18,19)/t7-,9-,13+,14-/m1/s1. The summed E-state index contributed by atoms with van der Waals surface area (Å²) >= 11 is 0. The van der Waals surface area contributed by atoms with E-state index in [4.69, 9.17) is 20.6 Å². The zero-order chi connectivity index (χ0) is 17.6. The molecule has 1 aliphatic heterocycles. The van der Waals surface area contributed by atoms with Gasteiger partial charge in [0.1, 0.15) is 30.0 Å². The maximum Gasteiger partial charge on any atom is 0.215 e. The molecule has 1 aliphatic rings. The Bertz CT molecular complexity index is 793. The van der Waals surface area contributed by atoms with Gasteiger partial charge < -0.3 is 30.0 Å². The summed E-state index contributed by atoms with van der Waals surface area (Å²) in [6.45, 7) is 0.643. The van der Waals surface area contributed by atoms with Gasteiger partial charge in [0.15, 0.2) is 11.9 Å². The molecule has 0 bridgehead atoms. The van der Waals surface area contributed by atoms with Gasteiger partial charge in [-0.2, -0.15) is 0 Å². The summed E-state index contributed by atoms with van der Waals surface area (Å²) in [5.41, 5.74) is 4.19. The lowest BCUT2D eigenvalue weighted by Gasteiger charge is -2.25. The SMILES string of the molecule is COC(=N)c1cn([C@H]2O[C@H](CO)[C@@H](O)[C@@]2(C)F)c2ncnc(N)c12. The van der Waals surface area contributed by atoms with Gasteiger partial charge in [0.25, 0.3) is 0 Å². The van der Waals surface area contributed by atoms with Crippen molar-refractivity contribution in [3.05, 3.63) is 18.1 Å². The van der Waals surface area contributed by atoms with Gasteiger partial charge in [0.2, 0.25) is 5.90 Å². The van der Waals surface area contributed by atoms with Gasteiger partial charge in [0.05, 0.1) is 24.7 Å². The third-order valence-corrected chi connectivity index (χ3v) is 4.24. The monoisotopic (exact) mass is 339 g/mol. The number of nitrogens with one attached hydrogen (secondary N) is 1. The number of hydrogen-bond acceptors (Lipinski definition) is 8. The van der Waals surface area contributed by atoms with E-state index in [0.29, 0.717) is 5.39 Å². The van der Waals surface area contributed by atoms with Crippen LogP contribution in [0.3, 0.4) is 0 Å². The van der Waals surface area contributed by atoms with E-state index in [9.17, 15) is 10.2 Å². The number of aliphatic hydroxyl groups is 2. The Balaban J connectivity index is 2.21. The smallest absolute Gasteiger partial charge is 0.215 e. The van der Waals surface area contributed by atoms with Gasteiger partial charge >= 0.3 is 0 Å². The van der Waals surface area contributed by atoms with E-state index in [1.807, 2.05) is 0 Å². The number of rotatable bonds is 3. The Labute approximate surface area is 136 Å². The van der Waals surface area contributed by atoms with Crippen molar-refractivity contribution in [2.24, 2.45) is 0 Å². The number of hydrogen-bond donors (Lipinski definition) is 4. The van der Waals surface area contributed by atoms with Crippen molar-refractivity contribution in [1.29, 1.82) is 5.41 Å². The summed E-state index contributed by atoms with van der Waals surface area (Å²) in [5, 5.41) is 27.5. The Kier molecular flexibility index (Phi) is 3.90. The van der Waals surface area contributed by atoms with Crippen LogP contribution < -0.4 is 5.73 Å². The van der Waals surface area contributed by atoms with Crippen LogP contribution in [0.25, 0.3) is 11.0 Å². The fourth-order valence-corrected chi connectivity index (χ4v) is 2.93. The van der Waals surface area contributed by atoms with Crippen LogP contribution in [0.15, 0.2) is 12.5 Å². The molecule has 130 valence electrons. The molecule has 1 saturated heterocycles. The number of aromatic nitrogens is 3. The molecule has 4 atom stereocenters. The quantitative estimate of drug-likeness (QED) is 0.454. The molecule has 5 N–H and O–H groups in total. The highest BCUT2D eigenvalue weighted by Crippen LogP contribution is 2.43. The van der Waals surface area contributed by atoms with Crippen molar-refractivity contribution in [3.8, 4) is 0 Å². The van der Waals surface area contributed by atoms with Crippen molar-refractivity contribution >= 4 is 22.7 Å². The predicted molar refractivity (Wildman–Crippen MR) is 82.3 cm³/mol. The number of fused-ring (bicyclic) bond motifs is 1. The lowest BCUT2D eigenvalue weighted by Crippen LogP contribution is -2.40. The molecule has 0 spiro atoms. The number of anilines is 1. The summed E-state index contributed by atoms with van der Waals surface area (Å²) in [6.07, 6.45) is -1.24. The van der Waals surface area contributed by atoms with Crippen LogP contribution in [0.5, 0.6) is 0 Å². The number of nitrogens with two attached hydrogens (primary N) is 1. The first-order valence-electron chi connectivity index (χ1n) is 7.20. The first-order valence-corrected chi connectivity index (χ1v) is 7.20. The van der Waals surface area contributed by atoms with Gasteiger partial charge in [-0.05, 0) is 6.92 Å². The Morgan fingerprint density at radius 2 is 2.29 bits per heavy atom. The molecule has 1 fully saturated rings. The van der Waals surface area contributed by atoms with Crippen LogP contribution in [0.4, 0.5) is 10.2 Å². The molecule has 2 aromatic heterocycles.